The number of hydrogen-bond donors (Lipinski definition) is 0. The first-order chi connectivity index (χ1) is 10.7. The first-order valence-corrected chi connectivity index (χ1v) is 9.88. The van der Waals surface area contributed by atoms with Crippen molar-refractivity contribution in [2.45, 2.75) is 52.4 Å². The zero-order valence-electron chi connectivity index (χ0n) is 13.8. The van der Waals surface area contributed by atoms with Crippen LogP contribution in [-0.4, -0.2) is 0 Å². The van der Waals surface area contributed by atoms with Gasteiger partial charge in [-0.2, -0.15) is 0 Å². The molecular formula is C20H27OP. The van der Waals surface area contributed by atoms with Gasteiger partial charge in [0.15, 0.2) is 0 Å². The van der Waals surface area contributed by atoms with Crippen molar-refractivity contribution in [1.29, 1.82) is 0 Å². The molecule has 0 fully saturated rings. The van der Waals surface area contributed by atoms with Gasteiger partial charge in [0, 0.05) is 10.6 Å². The van der Waals surface area contributed by atoms with Crippen molar-refractivity contribution in [2.75, 3.05) is 0 Å². The molecule has 0 aliphatic heterocycles. The van der Waals surface area contributed by atoms with E-state index in [-0.39, 0.29) is 0 Å². The van der Waals surface area contributed by atoms with E-state index in [9.17, 15) is 4.57 Å². The summed E-state index contributed by atoms with van der Waals surface area (Å²) in [7, 11) is -1.87. The van der Waals surface area contributed by atoms with E-state index >= 15 is 0 Å². The zero-order valence-corrected chi connectivity index (χ0v) is 14.8. The van der Waals surface area contributed by atoms with Crippen molar-refractivity contribution in [3.8, 4) is 0 Å². The van der Waals surface area contributed by atoms with E-state index in [1.165, 1.54) is 36.8 Å². The summed E-state index contributed by atoms with van der Waals surface area (Å²) in [6.45, 7) is 4.41. The van der Waals surface area contributed by atoms with E-state index in [0.717, 1.165) is 23.5 Å². The minimum atomic E-state index is -1.87. The van der Waals surface area contributed by atoms with Crippen LogP contribution in [0.1, 0.15) is 50.7 Å². The molecule has 0 spiro atoms. The molecule has 0 amide bonds. The van der Waals surface area contributed by atoms with Crippen LogP contribution < -0.4 is 10.6 Å². The fraction of sp³-hybridized carbons (Fsp3) is 0.400. The summed E-state index contributed by atoms with van der Waals surface area (Å²) in [5.41, 5.74) is 2.69. The fourth-order valence-corrected chi connectivity index (χ4v) is 3.85. The lowest BCUT2D eigenvalue weighted by atomic mass is 10.1. The number of benzene rings is 2. The van der Waals surface area contributed by atoms with Crippen molar-refractivity contribution in [3.63, 3.8) is 0 Å². The van der Waals surface area contributed by atoms with Crippen LogP contribution in [0, 0.1) is 0 Å². The number of rotatable bonds is 8. The van der Waals surface area contributed by atoms with Crippen LogP contribution >= 0.6 is 7.80 Å². The molecule has 2 aromatic carbocycles. The van der Waals surface area contributed by atoms with Crippen LogP contribution in [0.4, 0.5) is 0 Å². The fourth-order valence-electron chi connectivity index (χ4n) is 2.57. The van der Waals surface area contributed by atoms with Gasteiger partial charge in [-0.3, -0.25) is 0 Å². The smallest absolute Gasteiger partial charge is 0.131 e. The topological polar surface area (TPSA) is 17.1 Å². The minimum Gasteiger partial charge on any atom is -0.317 e. The summed E-state index contributed by atoms with van der Waals surface area (Å²) >= 11 is 0. The van der Waals surface area contributed by atoms with E-state index in [1.807, 2.05) is 24.3 Å². The molecule has 0 aromatic heterocycles. The molecule has 118 valence electrons. The summed E-state index contributed by atoms with van der Waals surface area (Å²) in [5.74, 6) is 0. The van der Waals surface area contributed by atoms with Crippen molar-refractivity contribution in [1.82, 2.24) is 0 Å². The van der Waals surface area contributed by atoms with Crippen LogP contribution in [0.2, 0.25) is 0 Å². The molecule has 0 heterocycles. The van der Waals surface area contributed by atoms with Crippen molar-refractivity contribution in [2.24, 2.45) is 0 Å². The molecule has 0 atom stereocenters. The number of hydrogen-bond acceptors (Lipinski definition) is 1. The highest BCUT2D eigenvalue weighted by molar-refractivity contribution is 7.61. The summed E-state index contributed by atoms with van der Waals surface area (Å²) in [6.07, 6.45) is 7.08. The summed E-state index contributed by atoms with van der Waals surface area (Å²) in [4.78, 5) is 0. The van der Waals surface area contributed by atoms with Crippen LogP contribution in [-0.2, 0) is 17.4 Å². The Labute approximate surface area is 135 Å². The standard InChI is InChI=1S/C20H27OP/c1-3-5-7-17-9-13-19(14-10-17)22(21)20-15-11-18(12-16-20)8-6-4-2/h9-16,22H,3-8H2,1-2H3. The molecule has 0 saturated carbocycles. The molecule has 0 radical (unpaired) electrons. The Kier molecular flexibility index (Phi) is 6.93. The quantitative estimate of drug-likeness (QED) is 0.635. The third-order valence-corrected chi connectivity index (χ3v) is 5.79. The molecule has 0 bridgehead atoms. The van der Waals surface area contributed by atoms with E-state index in [1.54, 1.807) is 0 Å². The monoisotopic (exact) mass is 314 g/mol. The van der Waals surface area contributed by atoms with Gasteiger partial charge in [-0.15, -0.1) is 0 Å². The van der Waals surface area contributed by atoms with E-state index in [4.69, 9.17) is 0 Å². The van der Waals surface area contributed by atoms with Crippen molar-refractivity contribution in [3.05, 3.63) is 59.7 Å². The maximum Gasteiger partial charge on any atom is 0.131 e. The third-order valence-electron chi connectivity index (χ3n) is 4.07. The van der Waals surface area contributed by atoms with E-state index in [0.29, 0.717) is 0 Å². The van der Waals surface area contributed by atoms with Gasteiger partial charge in [0.05, 0.1) is 0 Å². The van der Waals surface area contributed by atoms with Gasteiger partial charge in [-0.1, -0.05) is 75.2 Å². The molecular weight excluding hydrogens is 287 g/mol. The molecule has 22 heavy (non-hydrogen) atoms. The predicted molar refractivity (Wildman–Crippen MR) is 98.4 cm³/mol. The van der Waals surface area contributed by atoms with Gasteiger partial charge in [0.1, 0.15) is 7.80 Å². The highest BCUT2D eigenvalue weighted by atomic mass is 31.1. The van der Waals surface area contributed by atoms with E-state index < -0.39 is 7.80 Å². The molecule has 2 rings (SSSR count). The number of aryl methyl sites for hydroxylation is 2. The second kappa shape index (κ2) is 8.96. The van der Waals surface area contributed by atoms with Gasteiger partial charge < -0.3 is 4.57 Å². The zero-order chi connectivity index (χ0) is 15.8. The second-order valence-corrected chi connectivity index (χ2v) is 7.74. The van der Waals surface area contributed by atoms with E-state index in [2.05, 4.69) is 38.1 Å². The molecule has 2 heteroatoms. The lowest BCUT2D eigenvalue weighted by molar-refractivity contribution is 0.598. The Morgan fingerprint density at radius 2 is 1.05 bits per heavy atom. The maximum absolute atomic E-state index is 12.7. The summed E-state index contributed by atoms with van der Waals surface area (Å²) < 4.78 is 12.7. The van der Waals surface area contributed by atoms with Gasteiger partial charge in [0.2, 0.25) is 0 Å². The normalized spacial score (nSPS) is 11.0. The third kappa shape index (κ3) is 4.85. The Hall–Kier alpha value is -1.33. The molecule has 2 aromatic rings. The second-order valence-electron chi connectivity index (χ2n) is 5.93. The van der Waals surface area contributed by atoms with Crippen molar-refractivity contribution < 1.29 is 4.57 Å². The van der Waals surface area contributed by atoms with Gasteiger partial charge in [0.25, 0.3) is 0 Å². The molecule has 1 nitrogen and oxygen atoms in total. The first-order valence-electron chi connectivity index (χ1n) is 8.47. The molecule has 0 saturated heterocycles. The summed E-state index contributed by atoms with van der Waals surface area (Å²) in [5, 5.41) is 1.93. The first kappa shape index (κ1) is 17.0. The molecule has 0 aliphatic rings. The van der Waals surface area contributed by atoms with Crippen LogP contribution in [0.15, 0.2) is 48.5 Å². The Bertz CT molecular complexity index is 531. The molecule has 0 aliphatic carbocycles. The Morgan fingerprint density at radius 1 is 0.682 bits per heavy atom. The molecule has 0 N–H and O–H groups in total. The average Bonchev–Trinajstić information content (AvgIpc) is 2.58. The highest BCUT2D eigenvalue weighted by Gasteiger charge is 2.07. The lowest BCUT2D eigenvalue weighted by Gasteiger charge is -2.06. The SMILES string of the molecule is CCCCc1ccc([PH](=O)c2ccc(CCCC)cc2)cc1. The lowest BCUT2D eigenvalue weighted by Crippen LogP contribution is -2.07. The minimum absolute atomic E-state index is 0.964. The highest BCUT2D eigenvalue weighted by Crippen LogP contribution is 2.20. The predicted octanol–water partition coefficient (Wildman–Crippen LogP) is 4.88. The average molecular weight is 314 g/mol. The number of unbranched alkanes of at least 4 members (excludes halogenated alkanes) is 2. The molecule has 0 unspecified atom stereocenters. The van der Waals surface area contributed by atoms with Crippen molar-refractivity contribution >= 4 is 18.4 Å². The van der Waals surface area contributed by atoms with Gasteiger partial charge in [-0.05, 0) is 36.8 Å². The summed E-state index contributed by atoms with van der Waals surface area (Å²) in [6, 6.07) is 16.7. The Balaban J connectivity index is 2.04. The van der Waals surface area contributed by atoms with Gasteiger partial charge in [-0.25, -0.2) is 0 Å². The largest absolute Gasteiger partial charge is 0.317 e. The van der Waals surface area contributed by atoms with Gasteiger partial charge >= 0.3 is 0 Å². The maximum atomic E-state index is 12.7. The van der Waals surface area contributed by atoms with Crippen LogP contribution in [0.25, 0.3) is 0 Å². The Morgan fingerprint density at radius 3 is 1.36 bits per heavy atom. The van der Waals surface area contributed by atoms with Crippen LogP contribution in [0.3, 0.4) is 0 Å². The van der Waals surface area contributed by atoms with Crippen LogP contribution in [0.5, 0.6) is 0 Å².